The topological polar surface area (TPSA) is 59.4 Å². The maximum absolute atomic E-state index is 13.3. The summed E-state index contributed by atoms with van der Waals surface area (Å²) in [6, 6.07) is 13.1. The summed E-state index contributed by atoms with van der Waals surface area (Å²) >= 11 is 0. The molecule has 0 radical (unpaired) electrons. The molecule has 2 fully saturated rings. The Kier molecular flexibility index (Phi) is 5.51. The van der Waals surface area contributed by atoms with Crippen LogP contribution in [0.2, 0.25) is 0 Å². The summed E-state index contributed by atoms with van der Waals surface area (Å²) < 4.78 is 20.7. The van der Waals surface area contributed by atoms with Crippen molar-refractivity contribution in [1.29, 1.82) is 0 Å². The number of amides is 1. The van der Waals surface area contributed by atoms with Gasteiger partial charge in [-0.05, 0) is 88.4 Å². The summed E-state index contributed by atoms with van der Waals surface area (Å²) in [5.74, 6) is 0.313. The lowest BCUT2D eigenvalue weighted by atomic mass is 9.77. The predicted octanol–water partition coefficient (Wildman–Crippen LogP) is 5.44. The summed E-state index contributed by atoms with van der Waals surface area (Å²) in [6.45, 7) is 6.55. The van der Waals surface area contributed by atoms with E-state index in [2.05, 4.69) is 33.5 Å². The van der Waals surface area contributed by atoms with E-state index in [1.54, 1.807) is 12.1 Å². The molecular formula is C26H31FN4O2. The van der Waals surface area contributed by atoms with Gasteiger partial charge in [0, 0.05) is 17.6 Å². The van der Waals surface area contributed by atoms with Gasteiger partial charge in [0.25, 0.3) is 0 Å². The Labute approximate surface area is 193 Å². The van der Waals surface area contributed by atoms with Crippen LogP contribution < -0.4 is 10.2 Å². The molecule has 2 aliphatic rings. The van der Waals surface area contributed by atoms with Crippen LogP contribution in [0.1, 0.15) is 46.5 Å². The fraction of sp³-hybridized carbons (Fsp3) is 0.462. The maximum Gasteiger partial charge on any atom is 0.407 e. The summed E-state index contributed by atoms with van der Waals surface area (Å²) in [7, 11) is 0. The number of anilines is 1. The van der Waals surface area contributed by atoms with Crippen molar-refractivity contribution < 1.29 is 13.9 Å². The van der Waals surface area contributed by atoms with Gasteiger partial charge in [0.2, 0.25) is 0 Å². The zero-order chi connectivity index (χ0) is 23.2. The first kappa shape index (κ1) is 21.7. The number of benzene rings is 2. The van der Waals surface area contributed by atoms with E-state index in [0.29, 0.717) is 5.92 Å². The van der Waals surface area contributed by atoms with Crippen LogP contribution in [0.4, 0.5) is 14.9 Å². The Morgan fingerprint density at radius 1 is 1.09 bits per heavy atom. The van der Waals surface area contributed by atoms with Crippen molar-refractivity contribution in [1.82, 2.24) is 15.1 Å². The molecule has 1 saturated heterocycles. The van der Waals surface area contributed by atoms with Crippen molar-refractivity contribution >= 4 is 22.7 Å². The molecule has 1 aliphatic carbocycles. The average molecular weight is 451 g/mol. The first-order valence-electron chi connectivity index (χ1n) is 11.8. The number of ether oxygens (including phenoxy) is 1. The van der Waals surface area contributed by atoms with Crippen molar-refractivity contribution in [3.05, 3.63) is 54.5 Å². The smallest absolute Gasteiger partial charge is 0.407 e. The number of alkyl carbamates (subject to hydrolysis) is 1. The highest BCUT2D eigenvalue weighted by molar-refractivity contribution is 5.84. The number of hydrogen-bond donors (Lipinski definition) is 1. The van der Waals surface area contributed by atoms with Gasteiger partial charge in [-0.1, -0.05) is 6.42 Å². The van der Waals surface area contributed by atoms with E-state index < -0.39 is 5.60 Å². The summed E-state index contributed by atoms with van der Waals surface area (Å²) in [5.41, 5.74) is 2.44. The number of aromatic nitrogens is 2. The van der Waals surface area contributed by atoms with Crippen molar-refractivity contribution in [2.75, 3.05) is 11.4 Å². The number of hydrogen-bond acceptors (Lipinski definition) is 4. The van der Waals surface area contributed by atoms with Crippen LogP contribution in [0, 0.1) is 11.7 Å². The maximum atomic E-state index is 13.3. The molecule has 0 bridgehead atoms. The molecule has 0 spiro atoms. The molecule has 1 saturated carbocycles. The molecular weight excluding hydrogens is 419 g/mol. The second kappa shape index (κ2) is 8.36. The Morgan fingerprint density at radius 2 is 1.82 bits per heavy atom. The fourth-order valence-electron chi connectivity index (χ4n) is 5.08. The number of rotatable bonds is 4. The molecule has 2 atom stereocenters. The highest BCUT2D eigenvalue weighted by Crippen LogP contribution is 2.40. The highest BCUT2D eigenvalue weighted by atomic mass is 19.1. The first-order valence-corrected chi connectivity index (χ1v) is 11.8. The Hall–Kier alpha value is -3.09. The van der Waals surface area contributed by atoms with Gasteiger partial charge >= 0.3 is 6.09 Å². The van der Waals surface area contributed by atoms with Crippen molar-refractivity contribution in [3.63, 3.8) is 0 Å². The minimum atomic E-state index is -0.510. The van der Waals surface area contributed by atoms with Crippen molar-refractivity contribution in [3.8, 4) is 5.69 Å². The van der Waals surface area contributed by atoms with Crippen LogP contribution in [-0.2, 0) is 4.74 Å². The van der Waals surface area contributed by atoms with Crippen molar-refractivity contribution in [2.24, 2.45) is 5.92 Å². The first-order chi connectivity index (χ1) is 15.8. The molecule has 7 heteroatoms. The molecule has 3 aromatic rings. The number of fused-ring (bicyclic) bond motifs is 1. The Morgan fingerprint density at radius 3 is 2.48 bits per heavy atom. The van der Waals surface area contributed by atoms with Gasteiger partial charge in [-0.3, -0.25) is 0 Å². The lowest BCUT2D eigenvalue weighted by Gasteiger charge is -2.41. The number of nitrogens with zero attached hydrogens (tertiary/aromatic N) is 3. The quantitative estimate of drug-likeness (QED) is 0.575. The van der Waals surface area contributed by atoms with E-state index >= 15 is 0 Å². The second-order valence-corrected chi connectivity index (χ2v) is 10.2. The molecule has 1 aliphatic heterocycles. The third-order valence-corrected chi connectivity index (χ3v) is 6.74. The van der Waals surface area contributed by atoms with E-state index in [1.165, 1.54) is 31.4 Å². The van der Waals surface area contributed by atoms with Gasteiger partial charge in [-0.2, -0.15) is 5.10 Å². The van der Waals surface area contributed by atoms with Crippen LogP contribution >= 0.6 is 0 Å². The molecule has 1 N–H and O–H groups in total. The van der Waals surface area contributed by atoms with Crippen molar-refractivity contribution in [2.45, 2.75) is 64.1 Å². The fourth-order valence-corrected chi connectivity index (χ4v) is 5.08. The number of carbonyl (C=O) groups is 1. The van der Waals surface area contributed by atoms with E-state index in [0.717, 1.165) is 35.2 Å². The monoisotopic (exact) mass is 450 g/mol. The highest BCUT2D eigenvalue weighted by Gasteiger charge is 2.43. The van der Waals surface area contributed by atoms with E-state index in [1.807, 2.05) is 31.6 Å². The van der Waals surface area contributed by atoms with Crippen LogP contribution in [0.5, 0.6) is 0 Å². The third-order valence-electron chi connectivity index (χ3n) is 6.74. The summed E-state index contributed by atoms with van der Waals surface area (Å²) in [5, 5.41) is 8.72. The third kappa shape index (κ3) is 4.41. The normalized spacial score (nSPS) is 21.3. The molecule has 33 heavy (non-hydrogen) atoms. The SMILES string of the molecule is CC(C)(C)OC(=O)N[C@@H]1CCN(c2ccc3c(cnn3-c3ccc(F)cc3)c2)[C@@H]1C1CCC1. The molecule has 174 valence electrons. The van der Waals surface area contributed by atoms with Gasteiger partial charge < -0.3 is 15.0 Å². The minimum Gasteiger partial charge on any atom is -0.444 e. The molecule has 2 aromatic carbocycles. The molecule has 1 aromatic heterocycles. The van der Waals surface area contributed by atoms with Gasteiger partial charge in [-0.15, -0.1) is 0 Å². The van der Waals surface area contributed by atoms with Crippen LogP contribution in [-0.4, -0.2) is 40.1 Å². The molecule has 5 rings (SSSR count). The number of carbonyl (C=O) groups excluding carboxylic acids is 1. The van der Waals surface area contributed by atoms with Gasteiger partial charge in [-0.25, -0.2) is 13.9 Å². The van der Waals surface area contributed by atoms with Crippen LogP contribution in [0.15, 0.2) is 48.7 Å². The Bertz CT molecular complexity index is 1150. The van der Waals surface area contributed by atoms with E-state index in [4.69, 9.17) is 4.74 Å². The summed E-state index contributed by atoms with van der Waals surface area (Å²) in [6.07, 6.45) is 6.05. The van der Waals surface area contributed by atoms with E-state index in [9.17, 15) is 9.18 Å². The molecule has 2 heterocycles. The van der Waals surface area contributed by atoms with Crippen LogP contribution in [0.3, 0.4) is 0 Å². The lowest BCUT2D eigenvalue weighted by molar-refractivity contribution is 0.0490. The van der Waals surface area contributed by atoms with Crippen LogP contribution in [0.25, 0.3) is 16.6 Å². The van der Waals surface area contributed by atoms with Gasteiger partial charge in [0.1, 0.15) is 11.4 Å². The minimum absolute atomic E-state index is 0.0720. The average Bonchev–Trinajstić information content (AvgIpc) is 3.30. The van der Waals surface area contributed by atoms with Gasteiger partial charge in [0.15, 0.2) is 0 Å². The zero-order valence-corrected chi connectivity index (χ0v) is 19.4. The zero-order valence-electron chi connectivity index (χ0n) is 19.4. The second-order valence-electron chi connectivity index (χ2n) is 10.2. The number of nitrogens with one attached hydrogen (secondary N) is 1. The molecule has 0 unspecified atom stereocenters. The molecule has 1 amide bonds. The van der Waals surface area contributed by atoms with Gasteiger partial charge in [0.05, 0.1) is 29.5 Å². The number of halogens is 1. The predicted molar refractivity (Wildman–Crippen MR) is 127 cm³/mol. The molecule has 6 nitrogen and oxygen atoms in total. The largest absolute Gasteiger partial charge is 0.444 e. The lowest BCUT2D eigenvalue weighted by Crippen LogP contribution is -2.51. The Balaban J connectivity index is 1.40. The van der Waals surface area contributed by atoms with E-state index in [-0.39, 0.29) is 24.0 Å². The standard InChI is InChI=1S/C26H31FN4O2/c1-26(2,3)33-25(32)29-22-13-14-30(24(22)17-5-4-6-17)21-11-12-23-18(15-21)16-28-31(23)20-9-7-19(27)8-10-20/h7-12,15-17,22,24H,4-6,13-14H2,1-3H3,(H,29,32)/t22-,24-/m1/s1. The summed E-state index contributed by atoms with van der Waals surface area (Å²) in [4.78, 5) is 14.9.